The molecule has 7 nitrogen and oxygen atoms in total. The number of rotatable bonds is 1. The van der Waals surface area contributed by atoms with Crippen molar-refractivity contribution in [1.29, 1.82) is 5.26 Å². The molecule has 0 saturated carbocycles. The van der Waals surface area contributed by atoms with Crippen LogP contribution in [0.4, 0.5) is 10.0 Å². The van der Waals surface area contributed by atoms with Crippen LogP contribution in [0.1, 0.15) is 60.6 Å². The van der Waals surface area contributed by atoms with Crippen LogP contribution in [0.5, 0.6) is 5.75 Å². The number of carbonyl (C=O) groups is 1. The first kappa shape index (κ1) is 19.9. The predicted octanol–water partition coefficient (Wildman–Crippen LogP) is 4.22. The molecule has 8 rings (SSSR count). The number of phenols is 1. The van der Waals surface area contributed by atoms with E-state index in [1.54, 1.807) is 35.6 Å². The van der Waals surface area contributed by atoms with Crippen LogP contribution in [-0.4, -0.2) is 29.8 Å². The Bertz CT molecular complexity index is 1400. The molecule has 6 aliphatic rings. The molecule has 1 atom stereocenters. The molecule has 1 aromatic heterocycles. The third-order valence-corrected chi connectivity index (χ3v) is 9.11. The largest absolute Gasteiger partial charge is 0.508 e. The summed E-state index contributed by atoms with van der Waals surface area (Å²) in [6.45, 7) is 2.13. The number of benzene rings is 1. The van der Waals surface area contributed by atoms with Crippen LogP contribution in [0, 0.1) is 11.3 Å². The molecular weight excluding hydrogens is 446 g/mol. The Balaban J connectivity index is 1.51. The summed E-state index contributed by atoms with van der Waals surface area (Å²) in [7, 11) is 0. The molecule has 1 aliphatic carbocycles. The fourth-order valence-corrected chi connectivity index (χ4v) is 7.83. The molecule has 5 aliphatic heterocycles. The van der Waals surface area contributed by atoms with E-state index in [1.165, 1.54) is 10.6 Å². The Morgan fingerprint density at radius 2 is 1.91 bits per heavy atom. The number of Topliss-reactive ketones (excluding diaryl/α,β-unsaturated/α-hetero) is 1. The molecule has 1 saturated heterocycles. The standard InChI is InChI=1S/C26H23N5O2S/c27-12-16-19(13-4-6-15(32)7-5-13)21-17(2-1-3-18(21)33)31-24(16)29-23(28)22-20-14-8-10-30(11-9-14)25(20)34-26(22)31/h4-7,14,19,32H,1-3,8-11H2,(H2,28,29)/t19-/m1/s1. The van der Waals surface area contributed by atoms with Gasteiger partial charge in [-0.3, -0.25) is 9.69 Å². The van der Waals surface area contributed by atoms with Crippen LogP contribution in [0.15, 0.2) is 51.9 Å². The van der Waals surface area contributed by atoms with Crippen molar-refractivity contribution in [3.8, 4) is 11.8 Å². The molecule has 0 unspecified atom stereocenters. The molecule has 3 N–H and O–H groups in total. The van der Waals surface area contributed by atoms with Crippen molar-refractivity contribution in [2.45, 2.75) is 43.9 Å². The number of aliphatic imine (C=N–C) groups is 1. The first-order chi connectivity index (χ1) is 16.6. The monoisotopic (exact) mass is 469 g/mol. The summed E-state index contributed by atoms with van der Waals surface area (Å²) in [5.41, 5.74) is 11.8. The minimum Gasteiger partial charge on any atom is -0.508 e. The normalized spacial score (nSPS) is 23.3. The highest BCUT2D eigenvalue weighted by molar-refractivity contribution is 7.21. The van der Waals surface area contributed by atoms with Gasteiger partial charge in [0.2, 0.25) is 0 Å². The van der Waals surface area contributed by atoms with Crippen LogP contribution in [0.2, 0.25) is 0 Å². The SMILES string of the molecule is N#CC1=C2N=C(N)c3c(sc4c3C3CCN4CC3)N2C2=C(C(=O)CCC2)[C@@H]1c1ccc(O)cc1. The number of nitrogens with zero attached hydrogens (tertiary/aromatic N) is 4. The summed E-state index contributed by atoms with van der Waals surface area (Å²) >= 11 is 1.73. The van der Waals surface area contributed by atoms with Gasteiger partial charge in [-0.05, 0) is 49.3 Å². The van der Waals surface area contributed by atoms with E-state index in [-0.39, 0.29) is 11.5 Å². The average molecular weight is 470 g/mol. The van der Waals surface area contributed by atoms with E-state index in [0.29, 0.717) is 35.1 Å². The third-order valence-electron chi connectivity index (χ3n) is 7.86. The molecular formula is C26H23N5O2S. The van der Waals surface area contributed by atoms with Crippen molar-refractivity contribution in [3.63, 3.8) is 0 Å². The number of nitrogens with two attached hydrogens (primary N) is 1. The van der Waals surface area contributed by atoms with Gasteiger partial charge < -0.3 is 15.7 Å². The number of nitriles is 1. The zero-order valence-corrected chi connectivity index (χ0v) is 19.4. The maximum atomic E-state index is 13.4. The number of ketones is 1. The minimum absolute atomic E-state index is 0.0836. The molecule has 2 aromatic rings. The number of allylic oxidation sites excluding steroid dienone is 3. The van der Waals surface area contributed by atoms with E-state index in [9.17, 15) is 15.2 Å². The van der Waals surface area contributed by atoms with Gasteiger partial charge >= 0.3 is 0 Å². The van der Waals surface area contributed by atoms with Crippen LogP contribution in [-0.2, 0) is 4.79 Å². The van der Waals surface area contributed by atoms with E-state index in [0.717, 1.165) is 60.6 Å². The molecule has 170 valence electrons. The average Bonchev–Trinajstić information content (AvgIpc) is 3.28. The van der Waals surface area contributed by atoms with Gasteiger partial charge in [-0.1, -0.05) is 23.5 Å². The summed E-state index contributed by atoms with van der Waals surface area (Å²) in [6.07, 6.45) is 4.27. The number of hydrogen-bond donors (Lipinski definition) is 2. The van der Waals surface area contributed by atoms with Gasteiger partial charge in [0.25, 0.3) is 0 Å². The number of phenolic OH excluding ortho intramolecular Hbond substituents is 1. The van der Waals surface area contributed by atoms with Crippen molar-refractivity contribution in [2.75, 3.05) is 22.9 Å². The smallest absolute Gasteiger partial charge is 0.161 e. The highest BCUT2D eigenvalue weighted by Crippen LogP contribution is 2.57. The highest BCUT2D eigenvalue weighted by Gasteiger charge is 2.46. The summed E-state index contributed by atoms with van der Waals surface area (Å²) in [5.74, 6) is 1.23. The highest BCUT2D eigenvalue weighted by atomic mass is 32.1. The maximum Gasteiger partial charge on any atom is 0.161 e. The zero-order valence-electron chi connectivity index (χ0n) is 18.5. The Kier molecular flexibility index (Phi) is 4.07. The molecule has 0 spiro atoms. The second-order valence-corrected chi connectivity index (χ2v) is 10.6. The fourth-order valence-electron chi connectivity index (χ4n) is 6.35. The maximum absolute atomic E-state index is 13.4. The van der Waals surface area contributed by atoms with Crippen LogP contribution >= 0.6 is 11.3 Å². The fraction of sp³-hybridized carbons (Fsp3) is 0.346. The molecule has 1 fully saturated rings. The van der Waals surface area contributed by atoms with E-state index < -0.39 is 5.92 Å². The minimum atomic E-state index is -0.507. The molecule has 2 bridgehead atoms. The Hall–Kier alpha value is -3.57. The molecule has 34 heavy (non-hydrogen) atoms. The number of aromatic hydroxyl groups is 1. The Labute approximate surface area is 201 Å². The molecule has 1 aromatic carbocycles. The number of hydrogen-bond acceptors (Lipinski definition) is 8. The number of carbonyl (C=O) groups excluding carboxylic acids is 1. The van der Waals surface area contributed by atoms with Crippen molar-refractivity contribution in [3.05, 3.63) is 63.6 Å². The van der Waals surface area contributed by atoms with Gasteiger partial charge in [-0.2, -0.15) is 5.26 Å². The number of anilines is 2. The summed E-state index contributed by atoms with van der Waals surface area (Å²) < 4.78 is 0. The molecule has 0 amide bonds. The third kappa shape index (κ3) is 2.50. The van der Waals surface area contributed by atoms with Crippen molar-refractivity contribution >= 4 is 33.0 Å². The van der Waals surface area contributed by atoms with Gasteiger partial charge in [-0.15, -0.1) is 0 Å². The van der Waals surface area contributed by atoms with Crippen LogP contribution in [0.3, 0.4) is 0 Å². The lowest BCUT2D eigenvalue weighted by atomic mass is 9.75. The second kappa shape index (κ2) is 6.97. The number of fused-ring (bicyclic) bond motifs is 6. The van der Waals surface area contributed by atoms with Gasteiger partial charge in [-0.25, -0.2) is 4.99 Å². The number of piperidine rings is 1. The van der Waals surface area contributed by atoms with Crippen molar-refractivity contribution in [2.24, 2.45) is 10.7 Å². The van der Waals surface area contributed by atoms with Gasteiger partial charge in [0, 0.05) is 36.3 Å². The van der Waals surface area contributed by atoms with E-state index in [4.69, 9.17) is 10.7 Å². The van der Waals surface area contributed by atoms with Crippen LogP contribution in [0.25, 0.3) is 0 Å². The first-order valence-corrected chi connectivity index (χ1v) is 12.6. The lowest BCUT2D eigenvalue weighted by Crippen LogP contribution is -2.40. The van der Waals surface area contributed by atoms with Gasteiger partial charge in [0.15, 0.2) is 11.6 Å². The second-order valence-electron chi connectivity index (χ2n) is 9.61. The van der Waals surface area contributed by atoms with Gasteiger partial charge in [0.1, 0.15) is 16.6 Å². The first-order valence-electron chi connectivity index (χ1n) is 11.8. The summed E-state index contributed by atoms with van der Waals surface area (Å²) in [4.78, 5) is 22.7. The zero-order chi connectivity index (χ0) is 23.1. The Morgan fingerprint density at radius 3 is 2.65 bits per heavy atom. The van der Waals surface area contributed by atoms with Crippen molar-refractivity contribution in [1.82, 2.24) is 0 Å². The van der Waals surface area contributed by atoms with E-state index in [2.05, 4.69) is 15.9 Å². The number of amidine groups is 1. The Morgan fingerprint density at radius 1 is 1.15 bits per heavy atom. The van der Waals surface area contributed by atoms with Crippen molar-refractivity contribution < 1.29 is 9.90 Å². The topological polar surface area (TPSA) is 106 Å². The number of thiophene rings is 1. The molecule has 0 radical (unpaired) electrons. The lowest BCUT2D eigenvalue weighted by Gasteiger charge is -2.41. The molecule has 8 heteroatoms. The summed E-state index contributed by atoms with van der Waals surface area (Å²) in [6, 6.07) is 9.16. The quantitative estimate of drug-likeness (QED) is 0.648. The lowest BCUT2D eigenvalue weighted by molar-refractivity contribution is -0.116. The van der Waals surface area contributed by atoms with Crippen LogP contribution < -0.4 is 15.5 Å². The van der Waals surface area contributed by atoms with Gasteiger partial charge in [0.05, 0.1) is 28.1 Å². The predicted molar refractivity (Wildman–Crippen MR) is 131 cm³/mol. The van der Waals surface area contributed by atoms with E-state index >= 15 is 0 Å². The summed E-state index contributed by atoms with van der Waals surface area (Å²) in [5, 5.41) is 22.4. The molecule has 6 heterocycles. The van der Waals surface area contributed by atoms with E-state index in [1.807, 2.05) is 0 Å².